The molecule has 2 N–H and O–H groups in total. The van der Waals surface area contributed by atoms with Gasteiger partial charge in [-0.15, -0.1) is 11.3 Å². The number of pyridine rings is 1. The first-order chi connectivity index (χ1) is 8.34. The molecule has 3 nitrogen and oxygen atoms in total. The van der Waals surface area contributed by atoms with Crippen LogP contribution in [0.4, 0.5) is 0 Å². The lowest BCUT2D eigenvalue weighted by atomic mass is 10.3. The third-order valence-electron chi connectivity index (χ3n) is 2.18. The molecule has 5 heteroatoms. The molecule has 2 heterocycles. The lowest BCUT2D eigenvalue weighted by Crippen LogP contribution is -2.34. The molecule has 88 valence electrons. The zero-order chi connectivity index (χ0) is 11.9. The fourth-order valence-electron chi connectivity index (χ4n) is 1.33. The van der Waals surface area contributed by atoms with Crippen LogP contribution >= 0.6 is 23.6 Å². The molecule has 0 radical (unpaired) electrons. The van der Waals surface area contributed by atoms with Crippen molar-refractivity contribution in [1.82, 2.24) is 15.6 Å². The summed E-state index contributed by atoms with van der Waals surface area (Å²) >= 11 is 6.91. The summed E-state index contributed by atoms with van der Waals surface area (Å²) in [5.41, 5.74) is 1.12. The van der Waals surface area contributed by atoms with Crippen molar-refractivity contribution in [2.45, 2.75) is 13.1 Å². The van der Waals surface area contributed by atoms with E-state index < -0.39 is 0 Å². The second-order valence-electron chi connectivity index (χ2n) is 3.48. The van der Waals surface area contributed by atoms with Gasteiger partial charge in [-0.3, -0.25) is 4.98 Å². The second-order valence-corrected chi connectivity index (χ2v) is 4.92. The molecule has 0 aliphatic carbocycles. The molecule has 0 amide bonds. The van der Waals surface area contributed by atoms with Crippen molar-refractivity contribution < 1.29 is 0 Å². The lowest BCUT2D eigenvalue weighted by molar-refractivity contribution is 0.837. The number of nitrogens with one attached hydrogen (secondary N) is 2. The first kappa shape index (κ1) is 12.0. The van der Waals surface area contributed by atoms with Gasteiger partial charge in [-0.05, 0) is 35.3 Å². The number of nitrogens with zero attached hydrogens (tertiary/aromatic N) is 1. The van der Waals surface area contributed by atoms with Crippen molar-refractivity contribution in [2.75, 3.05) is 0 Å². The number of rotatable bonds is 4. The maximum Gasteiger partial charge on any atom is 0.166 e. The Morgan fingerprint density at radius 3 is 2.82 bits per heavy atom. The van der Waals surface area contributed by atoms with Gasteiger partial charge in [0.2, 0.25) is 0 Å². The van der Waals surface area contributed by atoms with E-state index in [1.54, 1.807) is 17.5 Å². The molecule has 0 saturated heterocycles. The van der Waals surface area contributed by atoms with E-state index in [0.29, 0.717) is 11.7 Å². The Balaban J connectivity index is 1.71. The molecular weight excluding hydrogens is 250 g/mol. The number of hydrogen-bond donors (Lipinski definition) is 2. The largest absolute Gasteiger partial charge is 0.359 e. The van der Waals surface area contributed by atoms with Crippen LogP contribution in [-0.2, 0) is 13.1 Å². The number of thiocarbonyl (C=S) groups is 1. The van der Waals surface area contributed by atoms with E-state index in [1.807, 2.05) is 24.4 Å². The van der Waals surface area contributed by atoms with Crippen molar-refractivity contribution in [3.05, 3.63) is 52.5 Å². The highest BCUT2D eigenvalue weighted by molar-refractivity contribution is 7.80. The van der Waals surface area contributed by atoms with E-state index in [2.05, 4.69) is 27.1 Å². The second kappa shape index (κ2) is 6.32. The Kier molecular flexibility index (Phi) is 4.46. The van der Waals surface area contributed by atoms with Crippen LogP contribution in [0.15, 0.2) is 42.0 Å². The first-order valence-corrected chi connectivity index (χ1v) is 6.56. The average Bonchev–Trinajstić information content (AvgIpc) is 2.88. The monoisotopic (exact) mass is 263 g/mol. The first-order valence-electron chi connectivity index (χ1n) is 5.27. The lowest BCUT2D eigenvalue weighted by Gasteiger charge is -2.09. The SMILES string of the molecule is S=C(NCc1cccnc1)NCc1cccs1. The van der Waals surface area contributed by atoms with Crippen LogP contribution in [-0.4, -0.2) is 10.1 Å². The Labute approximate surface area is 110 Å². The fraction of sp³-hybridized carbons (Fsp3) is 0.167. The average molecular weight is 263 g/mol. The fourth-order valence-corrected chi connectivity index (χ4v) is 2.12. The maximum atomic E-state index is 5.19. The Morgan fingerprint density at radius 2 is 2.12 bits per heavy atom. The molecule has 2 aromatic heterocycles. The Hall–Kier alpha value is -1.46. The smallest absolute Gasteiger partial charge is 0.166 e. The summed E-state index contributed by atoms with van der Waals surface area (Å²) in [6, 6.07) is 8.05. The van der Waals surface area contributed by atoms with Crippen molar-refractivity contribution in [2.24, 2.45) is 0 Å². The molecule has 0 saturated carbocycles. The van der Waals surface area contributed by atoms with Crippen LogP contribution in [0.5, 0.6) is 0 Å². The molecule has 0 atom stereocenters. The summed E-state index contributed by atoms with van der Waals surface area (Å²) in [6.07, 6.45) is 3.59. The maximum absolute atomic E-state index is 5.19. The van der Waals surface area contributed by atoms with E-state index in [9.17, 15) is 0 Å². The van der Waals surface area contributed by atoms with E-state index >= 15 is 0 Å². The highest BCUT2D eigenvalue weighted by Gasteiger charge is 1.97. The molecule has 0 aliphatic rings. The highest BCUT2D eigenvalue weighted by atomic mass is 32.1. The van der Waals surface area contributed by atoms with Crippen molar-refractivity contribution in [3.63, 3.8) is 0 Å². The Bertz CT molecular complexity index is 454. The Morgan fingerprint density at radius 1 is 1.24 bits per heavy atom. The van der Waals surface area contributed by atoms with Gasteiger partial charge in [0, 0.05) is 23.8 Å². The zero-order valence-electron chi connectivity index (χ0n) is 9.22. The molecule has 2 rings (SSSR count). The minimum Gasteiger partial charge on any atom is -0.359 e. The molecule has 0 aromatic carbocycles. The van der Waals surface area contributed by atoms with Gasteiger partial charge in [-0.1, -0.05) is 12.1 Å². The van der Waals surface area contributed by atoms with Crippen molar-refractivity contribution >= 4 is 28.7 Å². The third kappa shape index (κ3) is 4.13. The summed E-state index contributed by atoms with van der Waals surface area (Å²) in [5.74, 6) is 0. The van der Waals surface area contributed by atoms with Crippen LogP contribution in [0.1, 0.15) is 10.4 Å². The summed E-state index contributed by atoms with van der Waals surface area (Å²) in [6.45, 7) is 1.47. The predicted molar refractivity (Wildman–Crippen MR) is 74.8 cm³/mol. The van der Waals surface area contributed by atoms with Gasteiger partial charge < -0.3 is 10.6 Å². The standard InChI is InChI=1S/C12H13N3S2/c16-12(15-9-11-4-2-6-17-11)14-8-10-3-1-5-13-7-10/h1-7H,8-9H2,(H2,14,15,16). The van der Waals surface area contributed by atoms with Gasteiger partial charge in [-0.25, -0.2) is 0 Å². The van der Waals surface area contributed by atoms with Crippen LogP contribution < -0.4 is 10.6 Å². The summed E-state index contributed by atoms with van der Waals surface area (Å²) in [7, 11) is 0. The van der Waals surface area contributed by atoms with E-state index in [1.165, 1.54) is 4.88 Å². The molecule has 0 spiro atoms. The van der Waals surface area contributed by atoms with Crippen molar-refractivity contribution in [3.8, 4) is 0 Å². The van der Waals surface area contributed by atoms with Crippen LogP contribution in [0.3, 0.4) is 0 Å². The zero-order valence-corrected chi connectivity index (χ0v) is 10.9. The topological polar surface area (TPSA) is 37.0 Å². The molecule has 0 fully saturated rings. The van der Waals surface area contributed by atoms with Gasteiger partial charge in [-0.2, -0.15) is 0 Å². The number of thiophene rings is 1. The third-order valence-corrected chi connectivity index (χ3v) is 3.34. The minimum absolute atomic E-state index is 0.669. The summed E-state index contributed by atoms with van der Waals surface area (Å²) in [4.78, 5) is 5.32. The van der Waals surface area contributed by atoms with Crippen LogP contribution in [0, 0.1) is 0 Å². The van der Waals surface area contributed by atoms with Gasteiger partial charge in [0.05, 0.1) is 6.54 Å². The van der Waals surface area contributed by atoms with Crippen LogP contribution in [0.2, 0.25) is 0 Å². The molecule has 2 aromatic rings. The quantitative estimate of drug-likeness (QED) is 0.830. The minimum atomic E-state index is 0.669. The molecule has 0 unspecified atom stereocenters. The van der Waals surface area contributed by atoms with Gasteiger partial charge in [0.1, 0.15) is 0 Å². The number of aromatic nitrogens is 1. The van der Waals surface area contributed by atoms with Crippen molar-refractivity contribution in [1.29, 1.82) is 0 Å². The van der Waals surface area contributed by atoms with Crippen LogP contribution in [0.25, 0.3) is 0 Å². The van der Waals surface area contributed by atoms with E-state index in [0.717, 1.165) is 12.1 Å². The van der Waals surface area contributed by atoms with Gasteiger partial charge in [0.15, 0.2) is 5.11 Å². The molecule has 0 aliphatic heterocycles. The molecular formula is C12H13N3S2. The van der Waals surface area contributed by atoms with Gasteiger partial charge >= 0.3 is 0 Å². The predicted octanol–water partition coefficient (Wildman–Crippen LogP) is 2.31. The summed E-state index contributed by atoms with van der Waals surface area (Å²) in [5, 5.41) is 9.04. The normalized spacial score (nSPS) is 9.88. The molecule has 17 heavy (non-hydrogen) atoms. The van der Waals surface area contributed by atoms with E-state index in [4.69, 9.17) is 12.2 Å². The highest BCUT2D eigenvalue weighted by Crippen LogP contribution is 2.07. The van der Waals surface area contributed by atoms with Gasteiger partial charge in [0.25, 0.3) is 0 Å². The van der Waals surface area contributed by atoms with E-state index in [-0.39, 0.29) is 0 Å². The number of hydrogen-bond acceptors (Lipinski definition) is 3. The summed E-state index contributed by atoms with van der Waals surface area (Å²) < 4.78 is 0. The molecule has 0 bridgehead atoms.